The molecule has 0 saturated carbocycles. The van der Waals surface area contributed by atoms with Crippen molar-refractivity contribution >= 4 is 33.9 Å². The van der Waals surface area contributed by atoms with Crippen LogP contribution < -0.4 is 4.74 Å². The number of aliphatic hydroxyl groups is 1. The molecule has 4 rings (SSSR count). The summed E-state index contributed by atoms with van der Waals surface area (Å²) < 4.78 is 12.6. The first-order valence-corrected chi connectivity index (χ1v) is 12.1. The Kier molecular flexibility index (Phi) is 8.00. The molecule has 3 aromatic carbocycles. The molecule has 0 bridgehead atoms. The second-order valence-corrected chi connectivity index (χ2v) is 8.99. The Balaban J connectivity index is 1.68. The first kappa shape index (κ1) is 24.7. The van der Waals surface area contributed by atoms with Gasteiger partial charge in [0.25, 0.3) is 0 Å². The molecule has 7 heteroatoms. The molecule has 1 heterocycles. The van der Waals surface area contributed by atoms with Gasteiger partial charge in [-0.1, -0.05) is 76.6 Å². The number of nitrogens with zero attached hydrogens (tertiary/aromatic N) is 1. The van der Waals surface area contributed by atoms with Crippen LogP contribution in [0.3, 0.4) is 0 Å². The van der Waals surface area contributed by atoms with E-state index in [-0.39, 0.29) is 18.9 Å². The number of carbonyl (C=O) groups is 1. The van der Waals surface area contributed by atoms with Gasteiger partial charge in [0, 0.05) is 35.0 Å². The van der Waals surface area contributed by atoms with Crippen LogP contribution >= 0.6 is 15.9 Å². The van der Waals surface area contributed by atoms with Crippen molar-refractivity contribution in [1.29, 1.82) is 0 Å². The molecule has 35 heavy (non-hydrogen) atoms. The van der Waals surface area contributed by atoms with E-state index >= 15 is 0 Å². The Bertz CT molecular complexity index is 1210. The van der Waals surface area contributed by atoms with E-state index < -0.39 is 17.6 Å². The van der Waals surface area contributed by atoms with Crippen molar-refractivity contribution in [2.24, 2.45) is 4.99 Å². The Morgan fingerprint density at radius 1 is 1.06 bits per heavy atom. The van der Waals surface area contributed by atoms with Gasteiger partial charge in [-0.3, -0.25) is 0 Å². The molecule has 0 aliphatic carbocycles. The van der Waals surface area contributed by atoms with Crippen molar-refractivity contribution < 1.29 is 24.5 Å². The minimum atomic E-state index is -1.54. The van der Waals surface area contributed by atoms with Crippen LogP contribution in [-0.4, -0.2) is 40.8 Å². The topological polar surface area (TPSA) is 88.4 Å². The van der Waals surface area contributed by atoms with Crippen molar-refractivity contribution in [1.82, 2.24) is 0 Å². The van der Waals surface area contributed by atoms with Crippen LogP contribution in [0.25, 0.3) is 6.08 Å². The number of benzene rings is 3. The van der Waals surface area contributed by atoms with Crippen molar-refractivity contribution in [2.45, 2.75) is 24.5 Å². The zero-order valence-electron chi connectivity index (χ0n) is 19.0. The second-order valence-electron chi connectivity index (χ2n) is 8.13. The number of hydrogen-bond acceptors (Lipinski definition) is 5. The van der Waals surface area contributed by atoms with Gasteiger partial charge in [-0.25, -0.2) is 9.79 Å². The standard InChI is InChI=1S/C28H26BrNO5/c29-24-12-5-4-11-23(24)25-28(27(32)33,17-6-10-20-8-2-1-3-9-20)30-26(35-25)21-13-15-22(16-14-21)34-19-7-18-31/h1-6,8-16,25,31H,7,17-19H2,(H,32,33)/b10-6+/t25-,28-/m1/s1. The Morgan fingerprint density at radius 3 is 2.46 bits per heavy atom. The van der Waals surface area contributed by atoms with Crippen LogP contribution in [-0.2, 0) is 9.53 Å². The van der Waals surface area contributed by atoms with E-state index in [1.54, 1.807) is 24.3 Å². The summed E-state index contributed by atoms with van der Waals surface area (Å²) in [5, 5.41) is 19.4. The molecule has 0 unspecified atom stereocenters. The number of aliphatic carboxylic acids is 1. The van der Waals surface area contributed by atoms with Gasteiger partial charge < -0.3 is 19.7 Å². The SMILES string of the molecule is O=C(O)[C@]1(C/C=C/c2ccccc2)N=C(c2ccc(OCCCO)cc2)O[C@@H]1c1ccccc1Br. The molecule has 0 fully saturated rings. The summed E-state index contributed by atoms with van der Waals surface area (Å²) in [7, 11) is 0. The van der Waals surface area contributed by atoms with Crippen LogP contribution in [0.1, 0.15) is 35.6 Å². The minimum Gasteiger partial charge on any atom is -0.494 e. The van der Waals surface area contributed by atoms with Gasteiger partial charge in [-0.15, -0.1) is 0 Å². The molecule has 6 nitrogen and oxygen atoms in total. The van der Waals surface area contributed by atoms with Gasteiger partial charge in [0.05, 0.1) is 6.61 Å². The molecule has 3 aromatic rings. The second kappa shape index (κ2) is 11.3. The van der Waals surface area contributed by atoms with Crippen molar-refractivity contribution in [2.75, 3.05) is 13.2 Å². The molecule has 0 amide bonds. The van der Waals surface area contributed by atoms with Crippen molar-refractivity contribution in [3.05, 3.63) is 106 Å². The summed E-state index contributed by atoms with van der Waals surface area (Å²) in [6.45, 7) is 0.475. The summed E-state index contributed by atoms with van der Waals surface area (Å²) in [5.41, 5.74) is 0.809. The molecule has 0 spiro atoms. The van der Waals surface area contributed by atoms with Gasteiger partial charge in [-0.2, -0.15) is 0 Å². The third-order valence-corrected chi connectivity index (χ3v) is 6.46. The zero-order valence-corrected chi connectivity index (χ0v) is 20.6. The van der Waals surface area contributed by atoms with E-state index in [0.717, 1.165) is 10.0 Å². The lowest BCUT2D eigenvalue weighted by Gasteiger charge is -2.27. The first-order chi connectivity index (χ1) is 17.0. The minimum absolute atomic E-state index is 0.0646. The number of aliphatic imine (C=N–C) groups is 1. The fourth-order valence-electron chi connectivity index (χ4n) is 3.90. The summed E-state index contributed by atoms with van der Waals surface area (Å²) in [4.78, 5) is 17.4. The predicted molar refractivity (Wildman–Crippen MR) is 139 cm³/mol. The molecular formula is C28H26BrNO5. The van der Waals surface area contributed by atoms with E-state index in [2.05, 4.69) is 20.9 Å². The predicted octanol–water partition coefficient (Wildman–Crippen LogP) is 5.66. The average molecular weight is 536 g/mol. The summed E-state index contributed by atoms with van der Waals surface area (Å²) in [6.07, 6.45) is 3.60. The van der Waals surface area contributed by atoms with E-state index in [9.17, 15) is 9.90 Å². The van der Waals surface area contributed by atoms with Gasteiger partial charge in [0.2, 0.25) is 11.4 Å². The third kappa shape index (κ3) is 5.63. The molecule has 0 radical (unpaired) electrons. The fraction of sp³-hybridized carbons (Fsp3) is 0.214. The average Bonchev–Trinajstić information content (AvgIpc) is 3.26. The van der Waals surface area contributed by atoms with Gasteiger partial charge >= 0.3 is 5.97 Å². The normalized spacial score (nSPS) is 19.4. The molecular weight excluding hydrogens is 510 g/mol. The third-order valence-electron chi connectivity index (χ3n) is 5.73. The molecule has 0 aromatic heterocycles. The van der Waals surface area contributed by atoms with E-state index in [1.165, 1.54) is 0 Å². The largest absolute Gasteiger partial charge is 0.494 e. The fourth-order valence-corrected chi connectivity index (χ4v) is 4.40. The quantitative estimate of drug-likeness (QED) is 0.327. The number of carboxylic acid groups (broad SMARTS) is 1. The highest BCUT2D eigenvalue weighted by Gasteiger charge is 2.53. The van der Waals surface area contributed by atoms with Gasteiger partial charge in [0.15, 0.2) is 6.10 Å². The molecule has 2 N–H and O–H groups in total. The summed E-state index contributed by atoms with van der Waals surface area (Å²) in [6, 6.07) is 24.3. The Morgan fingerprint density at radius 2 is 1.77 bits per heavy atom. The lowest BCUT2D eigenvalue weighted by molar-refractivity contribution is -0.146. The van der Waals surface area contributed by atoms with Crippen molar-refractivity contribution in [3.8, 4) is 5.75 Å². The molecule has 180 valence electrons. The lowest BCUT2D eigenvalue weighted by Crippen LogP contribution is -2.40. The Labute approximate surface area is 212 Å². The first-order valence-electron chi connectivity index (χ1n) is 11.3. The van der Waals surface area contributed by atoms with Gasteiger partial charge in [0.1, 0.15) is 5.75 Å². The maximum absolute atomic E-state index is 12.8. The van der Waals surface area contributed by atoms with Crippen LogP contribution in [0.4, 0.5) is 0 Å². The van der Waals surface area contributed by atoms with E-state index in [0.29, 0.717) is 29.9 Å². The number of ether oxygens (including phenoxy) is 2. The van der Waals surface area contributed by atoms with E-state index in [4.69, 9.17) is 14.6 Å². The van der Waals surface area contributed by atoms with Gasteiger partial charge in [-0.05, 0) is 35.9 Å². The molecule has 1 aliphatic heterocycles. The monoisotopic (exact) mass is 535 g/mol. The van der Waals surface area contributed by atoms with E-state index in [1.807, 2.05) is 66.7 Å². The van der Waals surface area contributed by atoms with Crippen molar-refractivity contribution in [3.63, 3.8) is 0 Å². The van der Waals surface area contributed by atoms with Crippen LogP contribution in [0.2, 0.25) is 0 Å². The lowest BCUT2D eigenvalue weighted by atomic mass is 9.85. The highest BCUT2D eigenvalue weighted by Crippen LogP contribution is 2.44. The number of halogens is 1. The maximum atomic E-state index is 12.8. The van der Waals surface area contributed by atoms with Crippen LogP contribution in [0.15, 0.2) is 94.4 Å². The number of hydrogen-bond donors (Lipinski definition) is 2. The molecule has 0 saturated heterocycles. The molecule has 1 aliphatic rings. The highest BCUT2D eigenvalue weighted by atomic mass is 79.9. The summed E-state index contributed by atoms with van der Waals surface area (Å²) in [5.74, 6) is -0.142. The number of carboxylic acids is 1. The summed E-state index contributed by atoms with van der Waals surface area (Å²) >= 11 is 3.55. The van der Waals surface area contributed by atoms with Crippen LogP contribution in [0, 0.1) is 0 Å². The maximum Gasteiger partial charge on any atom is 0.336 e. The number of rotatable bonds is 10. The number of aliphatic hydroxyl groups excluding tert-OH is 1. The zero-order chi connectivity index (χ0) is 24.7. The Hall–Kier alpha value is -3.42. The van der Waals surface area contributed by atoms with Crippen LogP contribution in [0.5, 0.6) is 5.75 Å². The highest BCUT2D eigenvalue weighted by molar-refractivity contribution is 9.10. The molecule has 2 atom stereocenters. The smallest absolute Gasteiger partial charge is 0.336 e.